The van der Waals surface area contributed by atoms with Gasteiger partial charge in [0.25, 0.3) is 0 Å². The lowest BCUT2D eigenvalue weighted by Crippen LogP contribution is -2.41. The lowest BCUT2D eigenvalue weighted by atomic mass is 9.78. The van der Waals surface area contributed by atoms with Gasteiger partial charge in [0.15, 0.2) is 0 Å². The van der Waals surface area contributed by atoms with Crippen LogP contribution in [-0.4, -0.2) is 19.3 Å². The van der Waals surface area contributed by atoms with E-state index in [0.29, 0.717) is 6.61 Å². The summed E-state index contributed by atoms with van der Waals surface area (Å²) in [7, 11) is 1.79. The molecular formula is C17H23F2NO. The topological polar surface area (TPSA) is 21.3 Å². The van der Waals surface area contributed by atoms with Crippen molar-refractivity contribution in [1.29, 1.82) is 0 Å². The third-order valence-corrected chi connectivity index (χ3v) is 5.14. The van der Waals surface area contributed by atoms with Crippen molar-refractivity contribution in [2.24, 2.45) is 5.92 Å². The molecule has 1 N–H and O–H groups in total. The first-order chi connectivity index (χ1) is 10.2. The number of halogens is 2. The Morgan fingerprint density at radius 3 is 2.52 bits per heavy atom. The van der Waals surface area contributed by atoms with Gasteiger partial charge in [0.2, 0.25) is 0 Å². The molecule has 1 aromatic rings. The van der Waals surface area contributed by atoms with Crippen LogP contribution in [0.5, 0.6) is 0 Å². The molecule has 2 unspecified atom stereocenters. The SMILES string of the molecule is CNC(c1c(F)cccc1F)C1CCOC2(CCCC2)C1. The first-order valence-corrected chi connectivity index (χ1v) is 7.90. The Bertz CT molecular complexity index is 479. The molecule has 1 aliphatic carbocycles. The van der Waals surface area contributed by atoms with Gasteiger partial charge >= 0.3 is 0 Å². The summed E-state index contributed by atoms with van der Waals surface area (Å²) in [4.78, 5) is 0. The summed E-state index contributed by atoms with van der Waals surface area (Å²) in [6.07, 6.45) is 6.31. The Labute approximate surface area is 124 Å². The van der Waals surface area contributed by atoms with Gasteiger partial charge in [-0.05, 0) is 50.8 Å². The van der Waals surface area contributed by atoms with Crippen LogP contribution in [0.15, 0.2) is 18.2 Å². The lowest BCUT2D eigenvalue weighted by Gasteiger charge is -2.41. The Kier molecular flexibility index (Phi) is 4.27. The number of ether oxygens (including phenoxy) is 1. The highest BCUT2D eigenvalue weighted by atomic mass is 19.1. The zero-order valence-corrected chi connectivity index (χ0v) is 12.5. The number of hydrogen-bond donors (Lipinski definition) is 1. The van der Waals surface area contributed by atoms with Crippen LogP contribution in [-0.2, 0) is 4.74 Å². The molecule has 1 aromatic carbocycles. The van der Waals surface area contributed by atoms with Gasteiger partial charge in [-0.2, -0.15) is 0 Å². The maximum Gasteiger partial charge on any atom is 0.130 e. The molecule has 116 valence electrons. The van der Waals surface area contributed by atoms with Gasteiger partial charge in [0.1, 0.15) is 11.6 Å². The first kappa shape index (κ1) is 14.9. The van der Waals surface area contributed by atoms with Gasteiger partial charge in [-0.15, -0.1) is 0 Å². The summed E-state index contributed by atoms with van der Waals surface area (Å²) in [6.45, 7) is 0.693. The average molecular weight is 295 g/mol. The van der Waals surface area contributed by atoms with Crippen molar-refractivity contribution in [3.8, 4) is 0 Å². The third-order valence-electron chi connectivity index (χ3n) is 5.14. The van der Waals surface area contributed by atoms with E-state index in [4.69, 9.17) is 4.74 Å². The average Bonchev–Trinajstić information content (AvgIpc) is 2.91. The Morgan fingerprint density at radius 1 is 1.24 bits per heavy atom. The van der Waals surface area contributed by atoms with Crippen molar-refractivity contribution in [3.63, 3.8) is 0 Å². The van der Waals surface area contributed by atoms with Gasteiger partial charge in [-0.3, -0.25) is 0 Å². The van der Waals surface area contributed by atoms with Crippen molar-refractivity contribution in [3.05, 3.63) is 35.4 Å². The minimum atomic E-state index is -0.457. The highest BCUT2D eigenvalue weighted by Crippen LogP contribution is 2.45. The van der Waals surface area contributed by atoms with Crippen LogP contribution in [0.2, 0.25) is 0 Å². The minimum Gasteiger partial charge on any atom is -0.375 e. The predicted molar refractivity (Wildman–Crippen MR) is 78.0 cm³/mol. The second-order valence-corrected chi connectivity index (χ2v) is 6.39. The quantitative estimate of drug-likeness (QED) is 0.911. The Hall–Kier alpha value is -1.00. The summed E-state index contributed by atoms with van der Waals surface area (Å²) >= 11 is 0. The van der Waals surface area contributed by atoms with Crippen LogP contribution in [0.1, 0.15) is 50.1 Å². The van der Waals surface area contributed by atoms with Crippen LogP contribution in [0.3, 0.4) is 0 Å². The molecule has 0 aromatic heterocycles. The Morgan fingerprint density at radius 2 is 1.90 bits per heavy atom. The van der Waals surface area contributed by atoms with Crippen LogP contribution in [0.25, 0.3) is 0 Å². The zero-order valence-electron chi connectivity index (χ0n) is 12.5. The normalized spacial score (nSPS) is 26.1. The zero-order chi connectivity index (χ0) is 14.9. The molecule has 1 heterocycles. The highest BCUT2D eigenvalue weighted by Gasteiger charge is 2.42. The molecule has 1 saturated heterocycles. The van der Waals surface area contributed by atoms with E-state index in [0.717, 1.165) is 25.7 Å². The van der Waals surface area contributed by atoms with Crippen LogP contribution >= 0.6 is 0 Å². The monoisotopic (exact) mass is 295 g/mol. The molecule has 2 aliphatic rings. The standard InChI is InChI=1S/C17H23F2NO/c1-20-16(15-13(18)5-4-6-14(15)19)12-7-10-21-17(11-12)8-2-3-9-17/h4-6,12,16,20H,2-3,7-11H2,1H3. The predicted octanol–water partition coefficient (Wildman–Crippen LogP) is 3.96. The maximum atomic E-state index is 14.1. The summed E-state index contributed by atoms with van der Waals surface area (Å²) in [5.74, 6) is -0.698. The fourth-order valence-electron chi connectivity index (χ4n) is 4.14. The summed E-state index contributed by atoms with van der Waals surface area (Å²) in [5.41, 5.74) is 0.139. The molecule has 1 saturated carbocycles. The van der Waals surface area contributed by atoms with Crippen LogP contribution in [0, 0.1) is 17.6 Å². The van der Waals surface area contributed by atoms with Gasteiger partial charge in [-0.25, -0.2) is 8.78 Å². The van der Waals surface area contributed by atoms with E-state index >= 15 is 0 Å². The fourth-order valence-corrected chi connectivity index (χ4v) is 4.14. The molecule has 0 amide bonds. The number of hydrogen-bond acceptors (Lipinski definition) is 2. The second-order valence-electron chi connectivity index (χ2n) is 6.39. The summed E-state index contributed by atoms with van der Waals surface area (Å²) < 4.78 is 34.2. The van der Waals surface area contributed by atoms with Crippen molar-refractivity contribution in [2.75, 3.05) is 13.7 Å². The number of rotatable bonds is 3. The van der Waals surface area contributed by atoms with E-state index in [1.165, 1.54) is 31.0 Å². The van der Waals surface area contributed by atoms with Gasteiger partial charge in [-0.1, -0.05) is 18.9 Å². The summed E-state index contributed by atoms with van der Waals surface area (Å²) in [6, 6.07) is 3.82. The molecule has 0 radical (unpaired) electrons. The van der Waals surface area contributed by atoms with Crippen molar-refractivity contribution < 1.29 is 13.5 Å². The largest absolute Gasteiger partial charge is 0.375 e. The van der Waals surface area contributed by atoms with Gasteiger partial charge in [0.05, 0.1) is 5.60 Å². The molecule has 1 spiro atoms. The van der Waals surface area contributed by atoms with E-state index in [1.54, 1.807) is 7.05 Å². The van der Waals surface area contributed by atoms with Gasteiger partial charge < -0.3 is 10.1 Å². The van der Waals surface area contributed by atoms with E-state index in [9.17, 15) is 8.78 Å². The smallest absolute Gasteiger partial charge is 0.130 e. The molecule has 2 nitrogen and oxygen atoms in total. The third kappa shape index (κ3) is 2.84. The summed E-state index contributed by atoms with van der Waals surface area (Å²) in [5, 5.41) is 3.14. The van der Waals surface area contributed by atoms with E-state index in [1.807, 2.05) is 0 Å². The van der Waals surface area contributed by atoms with E-state index < -0.39 is 11.6 Å². The lowest BCUT2D eigenvalue weighted by molar-refractivity contribution is -0.0982. The van der Waals surface area contributed by atoms with E-state index in [-0.39, 0.29) is 23.1 Å². The van der Waals surface area contributed by atoms with Crippen molar-refractivity contribution >= 4 is 0 Å². The molecule has 1 aliphatic heterocycles. The fraction of sp³-hybridized carbons (Fsp3) is 0.647. The van der Waals surface area contributed by atoms with Crippen molar-refractivity contribution in [2.45, 2.75) is 50.2 Å². The molecule has 2 fully saturated rings. The van der Waals surface area contributed by atoms with Crippen LogP contribution < -0.4 is 5.32 Å². The number of nitrogens with one attached hydrogen (secondary N) is 1. The second kappa shape index (κ2) is 6.01. The minimum absolute atomic E-state index is 0.0419. The first-order valence-electron chi connectivity index (χ1n) is 7.90. The maximum absolute atomic E-state index is 14.1. The molecule has 2 atom stereocenters. The molecule has 4 heteroatoms. The molecule has 21 heavy (non-hydrogen) atoms. The number of benzene rings is 1. The van der Waals surface area contributed by atoms with Crippen LogP contribution in [0.4, 0.5) is 8.78 Å². The molecule has 0 bridgehead atoms. The molecular weight excluding hydrogens is 272 g/mol. The Balaban J connectivity index is 1.86. The van der Waals surface area contributed by atoms with E-state index in [2.05, 4.69) is 5.32 Å². The van der Waals surface area contributed by atoms with Gasteiger partial charge in [0, 0.05) is 18.2 Å². The highest BCUT2D eigenvalue weighted by molar-refractivity contribution is 5.24. The van der Waals surface area contributed by atoms with Crippen molar-refractivity contribution in [1.82, 2.24) is 5.32 Å². The molecule has 3 rings (SSSR count).